The first-order valence-electron chi connectivity index (χ1n) is 10.9. The van der Waals surface area contributed by atoms with Crippen molar-refractivity contribution in [2.24, 2.45) is 4.99 Å². The summed E-state index contributed by atoms with van der Waals surface area (Å²) in [7, 11) is 1.84. The lowest BCUT2D eigenvalue weighted by atomic mass is 10.1. The zero-order valence-corrected chi connectivity index (χ0v) is 18.7. The zero-order chi connectivity index (χ0) is 20.6. The summed E-state index contributed by atoms with van der Waals surface area (Å²) in [5, 5.41) is 9.19. The van der Waals surface area contributed by atoms with Crippen molar-refractivity contribution in [1.29, 1.82) is 0 Å². The van der Waals surface area contributed by atoms with Crippen LogP contribution in [0.25, 0.3) is 0 Å². The molecular formula is C23H33N5OS. The Kier molecular flexibility index (Phi) is 7.75. The molecule has 2 aliphatic rings. The third-order valence-electron chi connectivity index (χ3n) is 5.89. The minimum Gasteiger partial charge on any atom is -0.379 e. The lowest BCUT2D eigenvalue weighted by molar-refractivity contribution is 0.0341. The molecule has 3 heterocycles. The molecule has 0 spiro atoms. The van der Waals surface area contributed by atoms with Crippen LogP contribution in [-0.2, 0) is 30.8 Å². The van der Waals surface area contributed by atoms with Gasteiger partial charge in [-0.2, -0.15) is 0 Å². The second-order valence-corrected chi connectivity index (χ2v) is 8.91. The second kappa shape index (κ2) is 10.9. The van der Waals surface area contributed by atoms with Crippen molar-refractivity contribution in [1.82, 2.24) is 20.4 Å². The van der Waals surface area contributed by atoms with Crippen LogP contribution in [0, 0.1) is 0 Å². The van der Waals surface area contributed by atoms with Gasteiger partial charge in [-0.3, -0.25) is 14.8 Å². The maximum atomic E-state index is 5.47. The monoisotopic (exact) mass is 427 g/mol. The molecular weight excluding hydrogens is 394 g/mol. The lowest BCUT2D eigenvalue weighted by Crippen LogP contribution is -2.42. The molecule has 30 heavy (non-hydrogen) atoms. The number of hydrogen-bond donors (Lipinski definition) is 2. The standard InChI is InChI=1S/C23H33N5OS/c1-24-23(25-8-10-27-9-6-22-21(18-27)7-15-30-22)26-16-19-4-2-3-5-20(19)17-28-11-13-29-14-12-28/h2-5,7,15H,6,8-14,16-18H2,1H3,(H2,24,25,26). The predicted octanol–water partition coefficient (Wildman–Crippen LogP) is 2.30. The predicted molar refractivity (Wildman–Crippen MR) is 124 cm³/mol. The molecule has 162 valence electrons. The average Bonchev–Trinajstić information content (AvgIpc) is 3.26. The molecule has 4 rings (SSSR count). The Morgan fingerprint density at radius 3 is 2.73 bits per heavy atom. The number of thiophene rings is 1. The van der Waals surface area contributed by atoms with Crippen LogP contribution in [-0.4, -0.2) is 68.7 Å². The van der Waals surface area contributed by atoms with E-state index in [-0.39, 0.29) is 0 Å². The molecule has 0 bridgehead atoms. The van der Waals surface area contributed by atoms with Crippen molar-refractivity contribution < 1.29 is 4.74 Å². The molecule has 0 unspecified atom stereocenters. The fourth-order valence-electron chi connectivity index (χ4n) is 4.11. The van der Waals surface area contributed by atoms with Crippen molar-refractivity contribution in [3.05, 3.63) is 57.3 Å². The van der Waals surface area contributed by atoms with Crippen molar-refractivity contribution in [2.75, 3.05) is 53.0 Å². The van der Waals surface area contributed by atoms with Crippen LogP contribution in [0.5, 0.6) is 0 Å². The quantitative estimate of drug-likeness (QED) is 0.525. The Morgan fingerprint density at radius 1 is 1.07 bits per heavy atom. The van der Waals surface area contributed by atoms with Crippen LogP contribution in [0.1, 0.15) is 21.6 Å². The highest BCUT2D eigenvalue weighted by molar-refractivity contribution is 7.10. The van der Waals surface area contributed by atoms with E-state index < -0.39 is 0 Å². The molecule has 0 amide bonds. The first kappa shape index (κ1) is 21.3. The number of rotatable bonds is 7. The molecule has 1 fully saturated rings. The zero-order valence-electron chi connectivity index (χ0n) is 17.9. The van der Waals surface area contributed by atoms with Crippen molar-refractivity contribution in [2.45, 2.75) is 26.1 Å². The summed E-state index contributed by atoms with van der Waals surface area (Å²) in [5.41, 5.74) is 4.21. The molecule has 0 saturated carbocycles. The molecule has 0 atom stereocenters. The van der Waals surface area contributed by atoms with E-state index in [4.69, 9.17) is 4.74 Å². The number of hydrogen-bond acceptors (Lipinski definition) is 5. The van der Waals surface area contributed by atoms with E-state index in [2.05, 4.69) is 61.1 Å². The van der Waals surface area contributed by atoms with E-state index in [0.717, 1.165) is 71.5 Å². The van der Waals surface area contributed by atoms with Gasteiger partial charge in [-0.05, 0) is 34.6 Å². The summed E-state index contributed by atoms with van der Waals surface area (Å²) in [6.45, 7) is 9.59. The number of aliphatic imine (C=N–C) groups is 1. The van der Waals surface area contributed by atoms with Gasteiger partial charge in [-0.1, -0.05) is 24.3 Å². The third-order valence-corrected chi connectivity index (χ3v) is 6.92. The third kappa shape index (κ3) is 5.82. The number of benzene rings is 1. The van der Waals surface area contributed by atoms with E-state index in [1.165, 1.54) is 23.1 Å². The largest absolute Gasteiger partial charge is 0.379 e. The molecule has 1 saturated heterocycles. The van der Waals surface area contributed by atoms with E-state index in [9.17, 15) is 0 Å². The van der Waals surface area contributed by atoms with Gasteiger partial charge < -0.3 is 15.4 Å². The maximum absolute atomic E-state index is 5.47. The van der Waals surface area contributed by atoms with Crippen LogP contribution in [0.15, 0.2) is 40.7 Å². The number of fused-ring (bicyclic) bond motifs is 1. The molecule has 0 aliphatic carbocycles. The van der Waals surface area contributed by atoms with Gasteiger partial charge in [-0.15, -0.1) is 11.3 Å². The summed E-state index contributed by atoms with van der Waals surface area (Å²) in [6, 6.07) is 11.0. The molecule has 2 aliphatic heterocycles. The number of guanidine groups is 1. The van der Waals surface area contributed by atoms with Gasteiger partial charge in [0.2, 0.25) is 0 Å². The minimum absolute atomic E-state index is 0.780. The Labute approximate surface area is 183 Å². The number of ether oxygens (including phenoxy) is 1. The lowest BCUT2D eigenvalue weighted by Gasteiger charge is -2.28. The first-order chi connectivity index (χ1) is 14.8. The molecule has 7 heteroatoms. The van der Waals surface area contributed by atoms with Gasteiger partial charge >= 0.3 is 0 Å². The van der Waals surface area contributed by atoms with Crippen molar-refractivity contribution >= 4 is 17.3 Å². The average molecular weight is 428 g/mol. The van der Waals surface area contributed by atoms with Gasteiger partial charge in [0.15, 0.2) is 5.96 Å². The van der Waals surface area contributed by atoms with Gasteiger partial charge in [0.1, 0.15) is 0 Å². The molecule has 2 N–H and O–H groups in total. The fourth-order valence-corrected chi connectivity index (χ4v) is 5.00. The summed E-state index contributed by atoms with van der Waals surface area (Å²) >= 11 is 1.90. The maximum Gasteiger partial charge on any atom is 0.191 e. The highest BCUT2D eigenvalue weighted by Gasteiger charge is 2.17. The SMILES string of the molecule is CN=C(NCCN1CCc2sccc2C1)NCc1ccccc1CN1CCOCC1. The van der Waals surface area contributed by atoms with Crippen LogP contribution in [0.2, 0.25) is 0 Å². The summed E-state index contributed by atoms with van der Waals surface area (Å²) in [6.07, 6.45) is 1.18. The van der Waals surface area contributed by atoms with E-state index in [1.807, 2.05) is 18.4 Å². The number of nitrogens with zero attached hydrogens (tertiary/aromatic N) is 3. The van der Waals surface area contributed by atoms with Crippen molar-refractivity contribution in [3.8, 4) is 0 Å². The number of nitrogens with one attached hydrogen (secondary N) is 2. The van der Waals surface area contributed by atoms with Crippen LogP contribution >= 0.6 is 11.3 Å². The first-order valence-corrected chi connectivity index (χ1v) is 11.8. The Bertz CT molecular complexity index is 831. The molecule has 2 aromatic rings. The molecule has 1 aromatic carbocycles. The van der Waals surface area contributed by atoms with Gasteiger partial charge in [0.25, 0.3) is 0 Å². The topological polar surface area (TPSA) is 52.1 Å². The van der Waals surface area contributed by atoms with E-state index in [1.54, 1.807) is 4.88 Å². The van der Waals surface area contributed by atoms with E-state index in [0.29, 0.717) is 0 Å². The number of morpholine rings is 1. The molecule has 6 nitrogen and oxygen atoms in total. The highest BCUT2D eigenvalue weighted by Crippen LogP contribution is 2.23. The summed E-state index contributed by atoms with van der Waals surface area (Å²) < 4.78 is 5.47. The van der Waals surface area contributed by atoms with Gasteiger partial charge in [0.05, 0.1) is 13.2 Å². The Hall–Kier alpha value is -1.93. The van der Waals surface area contributed by atoms with Gasteiger partial charge in [-0.25, -0.2) is 0 Å². The fraction of sp³-hybridized carbons (Fsp3) is 0.522. The normalized spacial score (nSPS) is 18.2. The highest BCUT2D eigenvalue weighted by atomic mass is 32.1. The van der Waals surface area contributed by atoms with E-state index >= 15 is 0 Å². The van der Waals surface area contributed by atoms with Gasteiger partial charge in [0, 0.05) is 64.3 Å². The Morgan fingerprint density at radius 2 is 1.90 bits per heavy atom. The summed E-state index contributed by atoms with van der Waals surface area (Å²) in [4.78, 5) is 11.0. The van der Waals surface area contributed by atoms with Crippen LogP contribution in [0.3, 0.4) is 0 Å². The molecule has 1 aromatic heterocycles. The molecule has 0 radical (unpaired) electrons. The van der Waals surface area contributed by atoms with Crippen LogP contribution < -0.4 is 10.6 Å². The van der Waals surface area contributed by atoms with Crippen LogP contribution in [0.4, 0.5) is 0 Å². The summed E-state index contributed by atoms with van der Waals surface area (Å²) in [5.74, 6) is 0.865. The second-order valence-electron chi connectivity index (χ2n) is 7.90. The Balaban J connectivity index is 1.23. The smallest absolute Gasteiger partial charge is 0.191 e. The van der Waals surface area contributed by atoms with Crippen molar-refractivity contribution in [3.63, 3.8) is 0 Å². The minimum atomic E-state index is 0.780.